The zero-order chi connectivity index (χ0) is 20.4. The summed E-state index contributed by atoms with van der Waals surface area (Å²) in [4.78, 5) is 4.64. The van der Waals surface area contributed by atoms with Crippen LogP contribution < -0.4 is 15.4 Å². The van der Waals surface area contributed by atoms with Gasteiger partial charge in [0.2, 0.25) is 0 Å². The van der Waals surface area contributed by atoms with Crippen molar-refractivity contribution in [1.29, 1.82) is 0 Å². The smallest absolute Gasteiger partial charge is 0.191 e. The molecule has 0 saturated heterocycles. The van der Waals surface area contributed by atoms with E-state index in [1.807, 2.05) is 6.92 Å². The van der Waals surface area contributed by atoms with Crippen molar-refractivity contribution in [2.24, 2.45) is 10.9 Å². The van der Waals surface area contributed by atoms with E-state index in [1.54, 1.807) is 0 Å². The summed E-state index contributed by atoms with van der Waals surface area (Å²) >= 11 is 0. The van der Waals surface area contributed by atoms with E-state index in [0.717, 1.165) is 24.5 Å². The number of aryl methyl sites for hydroxylation is 1. The van der Waals surface area contributed by atoms with Gasteiger partial charge in [0.1, 0.15) is 15.6 Å². The fourth-order valence-corrected chi connectivity index (χ4v) is 2.90. The second-order valence-corrected chi connectivity index (χ2v) is 9.49. The second-order valence-electron chi connectivity index (χ2n) is 7.23. The van der Waals surface area contributed by atoms with Crippen molar-refractivity contribution in [2.75, 3.05) is 44.9 Å². The Morgan fingerprint density at radius 3 is 2.66 bits per heavy atom. The van der Waals surface area contributed by atoms with Crippen LogP contribution in [0, 0.1) is 12.8 Å². The Morgan fingerprint density at radius 2 is 2.00 bits per heavy atom. The molecule has 0 amide bonds. The number of hydrogen-bond acceptors (Lipinski definition) is 5. The van der Waals surface area contributed by atoms with Crippen molar-refractivity contribution >= 4 is 39.8 Å². The first-order valence-electron chi connectivity index (χ1n) is 9.87. The molecule has 0 radical (unpaired) electrons. The molecule has 0 spiro atoms. The second kappa shape index (κ2) is 13.3. The molecule has 1 aromatic carbocycles. The lowest BCUT2D eigenvalue weighted by Crippen LogP contribution is -2.39. The van der Waals surface area contributed by atoms with Gasteiger partial charge >= 0.3 is 0 Å². The number of sulfone groups is 1. The Bertz CT molecular complexity index is 752. The van der Waals surface area contributed by atoms with Crippen LogP contribution in [0.25, 0.3) is 0 Å². The molecule has 0 aliphatic heterocycles. The monoisotopic (exact) mass is 539 g/mol. The predicted molar refractivity (Wildman–Crippen MR) is 128 cm³/mol. The van der Waals surface area contributed by atoms with Crippen molar-refractivity contribution in [3.8, 4) is 5.75 Å². The van der Waals surface area contributed by atoms with Crippen molar-refractivity contribution in [1.82, 2.24) is 10.6 Å². The van der Waals surface area contributed by atoms with Crippen LogP contribution >= 0.6 is 24.0 Å². The number of guanidine groups is 1. The van der Waals surface area contributed by atoms with Gasteiger partial charge in [0.25, 0.3) is 0 Å². The molecule has 1 fully saturated rings. The Balaban J connectivity index is 0.00000420. The van der Waals surface area contributed by atoms with Gasteiger partial charge in [-0.05, 0) is 44.2 Å². The summed E-state index contributed by atoms with van der Waals surface area (Å²) < 4.78 is 33.5. The highest BCUT2D eigenvalue weighted by Crippen LogP contribution is 2.30. The molecule has 9 heteroatoms. The molecule has 1 aliphatic carbocycles. The molecule has 1 saturated carbocycles. The molecule has 166 valence electrons. The molecular formula is C20H34IN3O4S. The minimum absolute atomic E-state index is 0. The third-order valence-corrected chi connectivity index (χ3v) is 5.19. The summed E-state index contributed by atoms with van der Waals surface area (Å²) in [7, 11) is -2.98. The highest BCUT2D eigenvalue weighted by molar-refractivity contribution is 14.0. The van der Waals surface area contributed by atoms with Gasteiger partial charge < -0.3 is 20.1 Å². The first kappa shape index (κ1) is 26.0. The van der Waals surface area contributed by atoms with E-state index in [0.29, 0.717) is 31.6 Å². The zero-order valence-electron chi connectivity index (χ0n) is 17.6. The molecule has 1 aliphatic rings. The molecule has 0 unspecified atom stereocenters. The van der Waals surface area contributed by atoms with Crippen molar-refractivity contribution in [3.05, 3.63) is 29.3 Å². The highest BCUT2D eigenvalue weighted by Gasteiger charge is 2.22. The van der Waals surface area contributed by atoms with E-state index in [-0.39, 0.29) is 36.3 Å². The summed E-state index contributed by atoms with van der Waals surface area (Å²) in [6, 6.07) is 6.22. The average Bonchev–Trinajstić information content (AvgIpc) is 3.45. The Labute approximate surface area is 192 Å². The Morgan fingerprint density at radius 1 is 1.24 bits per heavy atom. The SMILES string of the molecule is CCNC(=NCc1ccc(C)cc1OCC1CC1)NCCOCCS(C)(=O)=O.I. The predicted octanol–water partition coefficient (Wildman–Crippen LogP) is 2.52. The molecule has 0 atom stereocenters. The maximum Gasteiger partial charge on any atom is 0.191 e. The van der Waals surface area contributed by atoms with Crippen molar-refractivity contribution in [2.45, 2.75) is 33.2 Å². The van der Waals surface area contributed by atoms with Gasteiger partial charge in [-0.2, -0.15) is 0 Å². The normalized spacial score (nSPS) is 14.2. The zero-order valence-corrected chi connectivity index (χ0v) is 20.7. The number of ether oxygens (including phenoxy) is 2. The Kier molecular flexibility index (Phi) is 11.9. The van der Waals surface area contributed by atoms with Crippen LogP contribution in [0.2, 0.25) is 0 Å². The van der Waals surface area contributed by atoms with Gasteiger partial charge in [-0.25, -0.2) is 13.4 Å². The summed E-state index contributed by atoms with van der Waals surface area (Å²) in [5, 5.41) is 6.41. The lowest BCUT2D eigenvalue weighted by Gasteiger charge is -2.14. The Hall–Kier alpha value is -1.07. The summed E-state index contributed by atoms with van der Waals surface area (Å²) in [5.74, 6) is 2.36. The fraction of sp³-hybridized carbons (Fsp3) is 0.650. The van der Waals surface area contributed by atoms with Gasteiger partial charge in [-0.3, -0.25) is 0 Å². The first-order valence-corrected chi connectivity index (χ1v) is 11.9. The molecule has 0 aromatic heterocycles. The number of benzene rings is 1. The molecule has 1 aromatic rings. The number of halogens is 1. The van der Waals surface area contributed by atoms with Crippen LogP contribution in [-0.2, 0) is 21.1 Å². The van der Waals surface area contributed by atoms with Crippen LogP contribution in [0.5, 0.6) is 5.75 Å². The van der Waals surface area contributed by atoms with Gasteiger partial charge in [0.15, 0.2) is 5.96 Å². The van der Waals surface area contributed by atoms with Crippen LogP contribution in [0.1, 0.15) is 30.9 Å². The number of aliphatic imine (C=N–C) groups is 1. The van der Waals surface area contributed by atoms with Crippen LogP contribution in [0.4, 0.5) is 0 Å². The van der Waals surface area contributed by atoms with E-state index < -0.39 is 9.84 Å². The third-order valence-electron chi connectivity index (χ3n) is 4.28. The summed E-state index contributed by atoms with van der Waals surface area (Å²) in [6.45, 7) is 7.30. The first-order chi connectivity index (χ1) is 13.4. The van der Waals surface area contributed by atoms with Gasteiger partial charge in [0, 0.05) is 24.9 Å². The highest BCUT2D eigenvalue weighted by atomic mass is 127. The average molecular weight is 539 g/mol. The maximum atomic E-state index is 11.1. The lowest BCUT2D eigenvalue weighted by molar-refractivity contribution is 0.154. The topological polar surface area (TPSA) is 89.0 Å². The largest absolute Gasteiger partial charge is 0.493 e. The van der Waals surface area contributed by atoms with Gasteiger partial charge in [0.05, 0.1) is 32.1 Å². The lowest BCUT2D eigenvalue weighted by atomic mass is 10.1. The van der Waals surface area contributed by atoms with E-state index in [2.05, 4.69) is 40.7 Å². The van der Waals surface area contributed by atoms with Crippen molar-refractivity contribution in [3.63, 3.8) is 0 Å². The molecule has 2 N–H and O–H groups in total. The van der Waals surface area contributed by atoms with Crippen LogP contribution in [0.3, 0.4) is 0 Å². The fourth-order valence-electron chi connectivity index (χ4n) is 2.48. The quantitative estimate of drug-likeness (QED) is 0.184. The van der Waals surface area contributed by atoms with E-state index in [9.17, 15) is 8.42 Å². The standard InChI is InChI=1S/C20H33N3O4S.HI/c1-4-21-20(22-9-10-26-11-12-28(3,24)25)23-14-18-8-5-16(2)13-19(18)27-15-17-6-7-17;/h5,8,13,17H,4,6-7,9-12,14-15H2,1-3H3,(H2,21,22,23);1H. The number of rotatable bonds is 12. The molecule has 7 nitrogen and oxygen atoms in total. The van der Waals surface area contributed by atoms with Gasteiger partial charge in [-0.15, -0.1) is 24.0 Å². The van der Waals surface area contributed by atoms with Crippen LogP contribution in [0.15, 0.2) is 23.2 Å². The number of nitrogens with zero attached hydrogens (tertiary/aromatic N) is 1. The number of nitrogens with one attached hydrogen (secondary N) is 2. The minimum Gasteiger partial charge on any atom is -0.493 e. The molecule has 0 heterocycles. The third kappa shape index (κ3) is 11.6. The summed E-state index contributed by atoms with van der Waals surface area (Å²) in [6.07, 6.45) is 3.73. The maximum absolute atomic E-state index is 11.1. The van der Waals surface area contributed by atoms with Gasteiger partial charge in [-0.1, -0.05) is 12.1 Å². The number of hydrogen-bond donors (Lipinski definition) is 2. The van der Waals surface area contributed by atoms with Crippen LogP contribution in [-0.4, -0.2) is 59.3 Å². The van der Waals surface area contributed by atoms with E-state index >= 15 is 0 Å². The van der Waals surface area contributed by atoms with Crippen molar-refractivity contribution < 1.29 is 17.9 Å². The minimum atomic E-state index is -2.98. The van der Waals surface area contributed by atoms with E-state index in [1.165, 1.54) is 24.7 Å². The molecule has 0 bridgehead atoms. The van der Waals surface area contributed by atoms with E-state index in [4.69, 9.17) is 9.47 Å². The summed E-state index contributed by atoms with van der Waals surface area (Å²) in [5.41, 5.74) is 2.24. The molecule has 29 heavy (non-hydrogen) atoms. The molecule has 2 rings (SSSR count). The molecular weight excluding hydrogens is 505 g/mol.